The topological polar surface area (TPSA) is 46.2 Å². The van der Waals surface area contributed by atoms with Gasteiger partial charge in [0, 0.05) is 6.04 Å². The Labute approximate surface area is 62.4 Å². The van der Waals surface area contributed by atoms with Gasteiger partial charge in [0.05, 0.1) is 6.10 Å². The van der Waals surface area contributed by atoms with E-state index in [1.807, 2.05) is 0 Å². The number of hydrogen-bond acceptors (Lipinski definition) is 2. The van der Waals surface area contributed by atoms with Crippen molar-refractivity contribution in [3.8, 4) is 0 Å². The summed E-state index contributed by atoms with van der Waals surface area (Å²) in [6.45, 7) is 6.31. The predicted molar refractivity (Wildman–Crippen MR) is 41.5 cm³/mol. The summed E-state index contributed by atoms with van der Waals surface area (Å²) in [7, 11) is 0. The highest BCUT2D eigenvalue weighted by Gasteiger charge is 2.44. The monoisotopic (exact) mass is 143 g/mol. The van der Waals surface area contributed by atoms with Crippen LogP contribution in [0.4, 0.5) is 0 Å². The van der Waals surface area contributed by atoms with Crippen LogP contribution < -0.4 is 5.73 Å². The minimum atomic E-state index is -0.317. The molecule has 0 amide bonds. The van der Waals surface area contributed by atoms with Crippen molar-refractivity contribution < 1.29 is 5.11 Å². The van der Waals surface area contributed by atoms with Crippen molar-refractivity contribution in [2.45, 2.75) is 39.3 Å². The average Bonchev–Trinajstić information content (AvgIpc) is 1.97. The van der Waals surface area contributed by atoms with E-state index in [0.29, 0.717) is 5.92 Å². The number of aliphatic hydroxyl groups is 1. The molecule has 0 aromatic heterocycles. The predicted octanol–water partition coefficient (Wildman–Crippen LogP) is 0.741. The third kappa shape index (κ3) is 0.956. The highest BCUT2D eigenvalue weighted by atomic mass is 16.3. The SMILES string of the molecule is CC1CC(N)[C@@H](O)C1(C)C. The van der Waals surface area contributed by atoms with E-state index >= 15 is 0 Å². The molecule has 0 radical (unpaired) electrons. The van der Waals surface area contributed by atoms with Gasteiger partial charge in [-0.3, -0.25) is 0 Å². The second-order valence-electron chi connectivity index (χ2n) is 4.07. The number of hydrogen-bond donors (Lipinski definition) is 2. The van der Waals surface area contributed by atoms with E-state index in [1.165, 1.54) is 0 Å². The van der Waals surface area contributed by atoms with Crippen molar-refractivity contribution in [3.63, 3.8) is 0 Å². The molecule has 1 aliphatic carbocycles. The highest BCUT2D eigenvalue weighted by molar-refractivity contribution is 4.97. The van der Waals surface area contributed by atoms with Gasteiger partial charge in [0.2, 0.25) is 0 Å². The largest absolute Gasteiger partial charge is 0.391 e. The molecule has 0 saturated heterocycles. The van der Waals surface area contributed by atoms with Crippen LogP contribution in [0.3, 0.4) is 0 Å². The minimum absolute atomic E-state index is 0.00926. The van der Waals surface area contributed by atoms with E-state index in [1.54, 1.807) is 0 Å². The lowest BCUT2D eigenvalue weighted by molar-refractivity contribution is 0.0503. The molecule has 0 heterocycles. The van der Waals surface area contributed by atoms with Gasteiger partial charge in [0.15, 0.2) is 0 Å². The molecule has 2 unspecified atom stereocenters. The maximum Gasteiger partial charge on any atom is 0.0744 e. The third-order valence-electron chi connectivity index (χ3n) is 3.06. The van der Waals surface area contributed by atoms with Gasteiger partial charge in [-0.2, -0.15) is 0 Å². The van der Waals surface area contributed by atoms with Gasteiger partial charge in [-0.1, -0.05) is 20.8 Å². The second-order valence-corrected chi connectivity index (χ2v) is 4.07. The van der Waals surface area contributed by atoms with Crippen LogP contribution >= 0.6 is 0 Å². The summed E-state index contributed by atoms with van der Waals surface area (Å²) in [4.78, 5) is 0. The van der Waals surface area contributed by atoms with Gasteiger partial charge in [-0.25, -0.2) is 0 Å². The molecule has 3 N–H and O–H groups in total. The van der Waals surface area contributed by atoms with Gasteiger partial charge < -0.3 is 10.8 Å². The molecule has 1 fully saturated rings. The summed E-state index contributed by atoms with van der Waals surface area (Å²) in [6, 6.07) is -0.00926. The first-order chi connectivity index (χ1) is 4.46. The lowest BCUT2D eigenvalue weighted by Gasteiger charge is -2.27. The molecule has 2 nitrogen and oxygen atoms in total. The number of rotatable bonds is 0. The van der Waals surface area contributed by atoms with Crippen LogP contribution in [-0.4, -0.2) is 17.3 Å². The Kier molecular flexibility index (Phi) is 1.77. The molecule has 10 heavy (non-hydrogen) atoms. The summed E-state index contributed by atoms with van der Waals surface area (Å²) >= 11 is 0. The van der Waals surface area contributed by atoms with Crippen molar-refractivity contribution in [3.05, 3.63) is 0 Å². The zero-order valence-electron chi connectivity index (χ0n) is 6.96. The van der Waals surface area contributed by atoms with Crippen LogP contribution in [0.1, 0.15) is 27.2 Å². The molecule has 1 saturated carbocycles. The van der Waals surface area contributed by atoms with Crippen LogP contribution in [0, 0.1) is 11.3 Å². The van der Waals surface area contributed by atoms with Crippen molar-refractivity contribution in [2.75, 3.05) is 0 Å². The van der Waals surface area contributed by atoms with E-state index in [4.69, 9.17) is 5.73 Å². The van der Waals surface area contributed by atoms with Gasteiger partial charge in [-0.15, -0.1) is 0 Å². The molecule has 0 aromatic rings. The summed E-state index contributed by atoms with van der Waals surface area (Å²) < 4.78 is 0. The van der Waals surface area contributed by atoms with Gasteiger partial charge in [0.25, 0.3) is 0 Å². The second kappa shape index (κ2) is 2.21. The van der Waals surface area contributed by atoms with Gasteiger partial charge in [-0.05, 0) is 17.8 Å². The fourth-order valence-electron chi connectivity index (χ4n) is 1.68. The molecule has 0 aromatic carbocycles. The van der Waals surface area contributed by atoms with Gasteiger partial charge in [0.1, 0.15) is 0 Å². The van der Waals surface area contributed by atoms with Crippen molar-refractivity contribution in [1.82, 2.24) is 0 Å². The zero-order valence-corrected chi connectivity index (χ0v) is 6.96. The first-order valence-electron chi connectivity index (χ1n) is 3.90. The highest BCUT2D eigenvalue weighted by Crippen LogP contribution is 2.41. The normalized spacial score (nSPS) is 45.9. The fourth-order valence-corrected chi connectivity index (χ4v) is 1.68. The Hall–Kier alpha value is -0.0800. The van der Waals surface area contributed by atoms with Crippen molar-refractivity contribution in [2.24, 2.45) is 17.1 Å². The Morgan fingerprint density at radius 3 is 2.10 bits per heavy atom. The van der Waals surface area contributed by atoms with Crippen molar-refractivity contribution >= 4 is 0 Å². The van der Waals surface area contributed by atoms with Crippen LogP contribution in [0.2, 0.25) is 0 Å². The molecule has 1 rings (SSSR count). The first-order valence-corrected chi connectivity index (χ1v) is 3.90. The van der Waals surface area contributed by atoms with E-state index in [2.05, 4.69) is 20.8 Å². The lowest BCUT2D eigenvalue weighted by atomic mass is 9.81. The summed E-state index contributed by atoms with van der Waals surface area (Å²) in [5.41, 5.74) is 5.71. The standard InChI is InChI=1S/C8H17NO/c1-5-4-6(9)7(10)8(5,2)3/h5-7,10H,4,9H2,1-3H3/t5?,6?,7-/m1/s1. The molecule has 1 aliphatic rings. The number of aliphatic hydroxyl groups excluding tert-OH is 1. The average molecular weight is 143 g/mol. The Morgan fingerprint density at radius 1 is 1.50 bits per heavy atom. The lowest BCUT2D eigenvalue weighted by Crippen LogP contribution is -2.37. The first kappa shape index (κ1) is 8.02. The summed E-state index contributed by atoms with van der Waals surface area (Å²) in [6.07, 6.45) is 0.635. The third-order valence-corrected chi connectivity index (χ3v) is 3.06. The van der Waals surface area contributed by atoms with Crippen LogP contribution in [0.5, 0.6) is 0 Å². The molecule has 0 aliphatic heterocycles. The minimum Gasteiger partial charge on any atom is -0.391 e. The molecular formula is C8H17NO. The van der Waals surface area contributed by atoms with E-state index < -0.39 is 0 Å². The van der Waals surface area contributed by atoms with E-state index in [-0.39, 0.29) is 17.6 Å². The van der Waals surface area contributed by atoms with Gasteiger partial charge >= 0.3 is 0 Å². The van der Waals surface area contributed by atoms with Crippen LogP contribution in [-0.2, 0) is 0 Å². The Morgan fingerprint density at radius 2 is 2.00 bits per heavy atom. The number of nitrogens with two attached hydrogens (primary N) is 1. The zero-order chi connectivity index (χ0) is 7.94. The van der Waals surface area contributed by atoms with E-state index in [9.17, 15) is 5.11 Å². The fraction of sp³-hybridized carbons (Fsp3) is 1.00. The van der Waals surface area contributed by atoms with E-state index in [0.717, 1.165) is 6.42 Å². The van der Waals surface area contributed by atoms with Crippen LogP contribution in [0.25, 0.3) is 0 Å². The Bertz CT molecular complexity index is 133. The molecule has 0 spiro atoms. The quantitative estimate of drug-likeness (QED) is 0.525. The molecule has 60 valence electrons. The molecule has 0 bridgehead atoms. The smallest absolute Gasteiger partial charge is 0.0744 e. The summed E-state index contributed by atoms with van der Waals surface area (Å²) in [5.74, 6) is 0.539. The molecule has 2 heteroatoms. The maximum atomic E-state index is 9.57. The molecular weight excluding hydrogens is 126 g/mol. The maximum absolute atomic E-state index is 9.57. The molecule has 3 atom stereocenters. The Balaban J connectivity index is 2.75. The van der Waals surface area contributed by atoms with Crippen LogP contribution in [0.15, 0.2) is 0 Å². The van der Waals surface area contributed by atoms with Crippen molar-refractivity contribution in [1.29, 1.82) is 0 Å². The summed E-state index contributed by atoms with van der Waals surface area (Å²) in [5, 5.41) is 9.57.